The Morgan fingerprint density at radius 1 is 1.25 bits per heavy atom. The Hall–Kier alpha value is -1.00. The highest BCUT2D eigenvalue weighted by molar-refractivity contribution is 8.00. The van der Waals surface area contributed by atoms with E-state index in [1.165, 1.54) is 5.56 Å². The highest BCUT2D eigenvalue weighted by atomic mass is 32.2. The maximum Gasteiger partial charge on any atom is 0.319 e. The highest BCUT2D eigenvalue weighted by Crippen LogP contribution is 2.27. The molecule has 0 heterocycles. The summed E-state index contributed by atoms with van der Waals surface area (Å²) in [7, 11) is 0. The monoisotopic (exact) mass is 295 g/mol. The van der Waals surface area contributed by atoms with Crippen LogP contribution in [0, 0.1) is 0 Å². The van der Waals surface area contributed by atoms with Crippen molar-refractivity contribution in [1.82, 2.24) is 5.32 Å². The van der Waals surface area contributed by atoms with Crippen LogP contribution >= 0.6 is 11.8 Å². The lowest BCUT2D eigenvalue weighted by molar-refractivity contribution is -0.142. The lowest BCUT2D eigenvalue weighted by atomic mass is 10.2. The van der Waals surface area contributed by atoms with E-state index in [4.69, 9.17) is 4.74 Å². The number of esters is 1. The Morgan fingerprint density at radius 2 is 1.95 bits per heavy atom. The van der Waals surface area contributed by atoms with E-state index in [2.05, 4.69) is 43.4 Å². The number of carbonyl (C=O) groups is 1. The number of hydrogen-bond donors (Lipinski definition) is 1. The minimum Gasteiger partial charge on any atom is -0.465 e. The molecule has 20 heavy (non-hydrogen) atoms. The fourth-order valence-corrected chi connectivity index (χ4v) is 2.98. The molecule has 1 rings (SSSR count). The van der Waals surface area contributed by atoms with Crippen LogP contribution in [-0.2, 0) is 16.1 Å². The normalized spacial score (nSPS) is 12.2. The van der Waals surface area contributed by atoms with Crippen LogP contribution in [0.4, 0.5) is 0 Å². The third kappa shape index (κ3) is 5.97. The number of ether oxygens (including phenoxy) is 1. The van der Waals surface area contributed by atoms with Crippen LogP contribution in [-0.4, -0.2) is 24.4 Å². The Balaban J connectivity index is 2.61. The summed E-state index contributed by atoms with van der Waals surface area (Å²) in [4.78, 5) is 13.0. The summed E-state index contributed by atoms with van der Waals surface area (Å²) >= 11 is 1.60. The summed E-state index contributed by atoms with van der Waals surface area (Å²) in [5.41, 5.74) is 1.26. The van der Waals surface area contributed by atoms with E-state index in [0.717, 1.165) is 30.8 Å². The quantitative estimate of drug-likeness (QED) is 0.558. The van der Waals surface area contributed by atoms with Gasteiger partial charge in [-0.2, -0.15) is 0 Å². The second-order valence-corrected chi connectivity index (χ2v) is 5.85. The molecule has 1 aromatic carbocycles. The van der Waals surface area contributed by atoms with Gasteiger partial charge in [-0.05, 0) is 37.6 Å². The van der Waals surface area contributed by atoms with Gasteiger partial charge in [0.2, 0.25) is 0 Å². The lowest BCUT2D eigenvalue weighted by Crippen LogP contribution is -2.20. The average Bonchev–Trinajstić information content (AvgIpc) is 2.46. The molecule has 1 unspecified atom stereocenters. The van der Waals surface area contributed by atoms with Crippen LogP contribution < -0.4 is 5.32 Å². The van der Waals surface area contributed by atoms with Crippen LogP contribution in [0.5, 0.6) is 0 Å². The zero-order valence-corrected chi connectivity index (χ0v) is 13.5. The largest absolute Gasteiger partial charge is 0.465 e. The molecular formula is C16H25NO2S. The third-order valence-electron chi connectivity index (χ3n) is 2.88. The average molecular weight is 295 g/mol. The molecule has 0 spiro atoms. The fourth-order valence-electron chi connectivity index (χ4n) is 1.84. The molecule has 1 aromatic rings. The van der Waals surface area contributed by atoms with Gasteiger partial charge in [0.15, 0.2) is 0 Å². The van der Waals surface area contributed by atoms with Crippen molar-refractivity contribution in [1.29, 1.82) is 0 Å². The molecule has 0 fully saturated rings. The van der Waals surface area contributed by atoms with Crippen molar-refractivity contribution in [3.63, 3.8) is 0 Å². The molecule has 0 radical (unpaired) electrons. The van der Waals surface area contributed by atoms with Crippen molar-refractivity contribution in [2.45, 2.75) is 50.3 Å². The molecule has 0 saturated carbocycles. The van der Waals surface area contributed by atoms with Crippen LogP contribution in [0.2, 0.25) is 0 Å². The molecule has 0 aliphatic heterocycles. The van der Waals surface area contributed by atoms with Crippen molar-refractivity contribution in [2.75, 3.05) is 13.2 Å². The van der Waals surface area contributed by atoms with Gasteiger partial charge in [0.05, 0.1) is 6.61 Å². The summed E-state index contributed by atoms with van der Waals surface area (Å²) in [6.07, 6.45) is 1.83. The number of benzene rings is 1. The van der Waals surface area contributed by atoms with E-state index in [1.54, 1.807) is 11.8 Å². The van der Waals surface area contributed by atoms with E-state index < -0.39 is 0 Å². The zero-order chi connectivity index (χ0) is 14.8. The molecule has 3 nitrogen and oxygen atoms in total. The fraction of sp³-hybridized carbons (Fsp3) is 0.562. The first kappa shape index (κ1) is 17.1. The maximum absolute atomic E-state index is 11.9. The van der Waals surface area contributed by atoms with Crippen molar-refractivity contribution < 1.29 is 9.53 Å². The molecule has 0 amide bonds. The summed E-state index contributed by atoms with van der Waals surface area (Å²) in [5.74, 6) is -0.101. The first-order chi connectivity index (χ1) is 9.71. The molecule has 0 bridgehead atoms. The molecule has 1 N–H and O–H groups in total. The van der Waals surface area contributed by atoms with Crippen LogP contribution in [0.3, 0.4) is 0 Å². The second-order valence-electron chi connectivity index (χ2n) is 4.57. The minimum absolute atomic E-state index is 0.0976. The summed E-state index contributed by atoms with van der Waals surface area (Å²) in [5, 5.41) is 3.20. The second kappa shape index (κ2) is 9.83. The van der Waals surface area contributed by atoms with Gasteiger partial charge in [-0.1, -0.05) is 32.4 Å². The van der Waals surface area contributed by atoms with Gasteiger partial charge in [-0.25, -0.2) is 0 Å². The van der Waals surface area contributed by atoms with E-state index in [0.29, 0.717) is 6.61 Å². The predicted molar refractivity (Wildman–Crippen MR) is 85.0 cm³/mol. The molecule has 0 aliphatic carbocycles. The molecule has 0 aromatic heterocycles. The van der Waals surface area contributed by atoms with E-state index in [1.807, 2.05) is 6.92 Å². The number of rotatable bonds is 9. The van der Waals surface area contributed by atoms with E-state index >= 15 is 0 Å². The molecule has 0 saturated heterocycles. The van der Waals surface area contributed by atoms with Gasteiger partial charge in [0, 0.05) is 11.4 Å². The molecule has 0 aliphatic rings. The van der Waals surface area contributed by atoms with Gasteiger partial charge in [0.1, 0.15) is 5.25 Å². The summed E-state index contributed by atoms with van der Waals surface area (Å²) in [6, 6.07) is 8.39. The van der Waals surface area contributed by atoms with Gasteiger partial charge < -0.3 is 10.1 Å². The van der Waals surface area contributed by atoms with Crippen molar-refractivity contribution >= 4 is 17.7 Å². The van der Waals surface area contributed by atoms with Crippen LogP contribution in [0.15, 0.2) is 29.2 Å². The Morgan fingerprint density at radius 3 is 2.50 bits per heavy atom. The van der Waals surface area contributed by atoms with Crippen LogP contribution in [0.1, 0.15) is 39.2 Å². The van der Waals surface area contributed by atoms with Gasteiger partial charge >= 0.3 is 5.97 Å². The van der Waals surface area contributed by atoms with Crippen molar-refractivity contribution in [3.05, 3.63) is 29.8 Å². The number of hydrogen-bond acceptors (Lipinski definition) is 4. The standard InChI is InChI=1S/C16H25NO2S/c1-4-7-15(16(18)19-6-3)20-14-10-8-13(9-11-14)12-17-5-2/h8-11,15,17H,4-7,12H2,1-3H3. The zero-order valence-electron chi connectivity index (χ0n) is 12.6. The van der Waals surface area contributed by atoms with Crippen molar-refractivity contribution in [2.24, 2.45) is 0 Å². The van der Waals surface area contributed by atoms with Crippen LogP contribution in [0.25, 0.3) is 0 Å². The Labute approximate surface area is 126 Å². The van der Waals surface area contributed by atoms with E-state index in [-0.39, 0.29) is 11.2 Å². The first-order valence-electron chi connectivity index (χ1n) is 7.34. The van der Waals surface area contributed by atoms with Gasteiger partial charge in [-0.3, -0.25) is 4.79 Å². The molecular weight excluding hydrogens is 270 g/mol. The Bertz CT molecular complexity index is 392. The number of carbonyl (C=O) groups excluding carboxylic acids is 1. The smallest absolute Gasteiger partial charge is 0.319 e. The predicted octanol–water partition coefficient (Wildman–Crippen LogP) is 3.62. The van der Waals surface area contributed by atoms with Gasteiger partial charge in [0.25, 0.3) is 0 Å². The summed E-state index contributed by atoms with van der Waals surface area (Å²) < 4.78 is 5.14. The maximum atomic E-state index is 11.9. The van der Waals surface area contributed by atoms with Crippen molar-refractivity contribution in [3.8, 4) is 0 Å². The highest BCUT2D eigenvalue weighted by Gasteiger charge is 2.20. The molecule has 112 valence electrons. The minimum atomic E-state index is -0.101. The number of thioether (sulfide) groups is 1. The molecule has 1 atom stereocenters. The first-order valence-corrected chi connectivity index (χ1v) is 8.22. The third-order valence-corrected chi connectivity index (χ3v) is 4.14. The van der Waals surface area contributed by atoms with Gasteiger partial charge in [-0.15, -0.1) is 11.8 Å². The lowest BCUT2D eigenvalue weighted by Gasteiger charge is -2.14. The Kier molecular flexibility index (Phi) is 8.38. The van der Waals surface area contributed by atoms with E-state index in [9.17, 15) is 4.79 Å². The SMILES string of the molecule is CCCC(Sc1ccc(CNCC)cc1)C(=O)OCC. The molecule has 4 heteroatoms. The number of nitrogens with one attached hydrogen (secondary N) is 1. The topological polar surface area (TPSA) is 38.3 Å². The summed E-state index contributed by atoms with van der Waals surface area (Å²) in [6.45, 7) is 8.34.